The van der Waals surface area contributed by atoms with Crippen molar-refractivity contribution in [3.8, 4) is 0 Å². The molecule has 0 radical (unpaired) electrons. The van der Waals surface area contributed by atoms with Crippen LogP contribution in [0.2, 0.25) is 0 Å². The summed E-state index contributed by atoms with van der Waals surface area (Å²) in [4.78, 5) is 26.0. The molecule has 0 aliphatic rings. The van der Waals surface area contributed by atoms with E-state index in [0.717, 1.165) is 5.56 Å². The minimum absolute atomic E-state index is 0.0197. The first-order valence-corrected chi connectivity index (χ1v) is 8.26. The Labute approximate surface area is 139 Å². The van der Waals surface area contributed by atoms with Crippen LogP contribution in [0, 0.1) is 0 Å². The number of carbonyl (C=O) groups is 1. The molecular formula is C15H20N6OS. The van der Waals surface area contributed by atoms with E-state index in [-0.39, 0.29) is 11.9 Å². The molecule has 0 fully saturated rings. The number of rotatable bonds is 7. The molecule has 0 aliphatic heterocycles. The largest absolute Gasteiger partial charge is 0.368 e. The van der Waals surface area contributed by atoms with E-state index in [9.17, 15) is 4.79 Å². The number of nitrogen functional groups attached to an aromatic ring is 1. The second-order valence-corrected chi connectivity index (χ2v) is 6.04. The lowest BCUT2D eigenvalue weighted by Crippen LogP contribution is -2.24. The minimum Gasteiger partial charge on any atom is -0.368 e. The predicted octanol–water partition coefficient (Wildman–Crippen LogP) is 1.07. The van der Waals surface area contributed by atoms with Crippen LogP contribution in [0.15, 0.2) is 30.3 Å². The Morgan fingerprint density at radius 3 is 2.65 bits per heavy atom. The van der Waals surface area contributed by atoms with E-state index in [0.29, 0.717) is 29.8 Å². The highest BCUT2D eigenvalue weighted by atomic mass is 32.2. The summed E-state index contributed by atoms with van der Waals surface area (Å²) in [6.07, 6.45) is 0. The molecule has 0 saturated carbocycles. The van der Waals surface area contributed by atoms with Gasteiger partial charge < -0.3 is 16.0 Å². The van der Waals surface area contributed by atoms with Gasteiger partial charge in [-0.25, -0.2) is 0 Å². The zero-order chi connectivity index (χ0) is 16.7. The Kier molecular flexibility index (Phi) is 6.16. The van der Waals surface area contributed by atoms with E-state index < -0.39 is 0 Å². The van der Waals surface area contributed by atoms with E-state index in [1.807, 2.05) is 44.4 Å². The molecule has 0 saturated heterocycles. The molecule has 1 heterocycles. The molecule has 23 heavy (non-hydrogen) atoms. The summed E-state index contributed by atoms with van der Waals surface area (Å²) in [5, 5.41) is 2.88. The SMILES string of the molecule is CN(C)c1nc(N)nc(CSCC(=O)NCc2ccccc2)n1. The second-order valence-electron chi connectivity index (χ2n) is 5.06. The van der Waals surface area contributed by atoms with Crippen molar-refractivity contribution < 1.29 is 4.79 Å². The van der Waals surface area contributed by atoms with Gasteiger partial charge in [0.15, 0.2) is 0 Å². The molecule has 2 rings (SSSR count). The molecule has 0 atom stereocenters. The number of nitrogens with zero attached hydrogens (tertiary/aromatic N) is 4. The Hall–Kier alpha value is -2.35. The Balaban J connectivity index is 1.77. The fourth-order valence-electron chi connectivity index (χ4n) is 1.77. The zero-order valence-corrected chi connectivity index (χ0v) is 14.0. The average Bonchev–Trinajstić information content (AvgIpc) is 2.53. The van der Waals surface area contributed by atoms with Crippen LogP contribution in [0.3, 0.4) is 0 Å². The van der Waals surface area contributed by atoms with Gasteiger partial charge in [-0.3, -0.25) is 4.79 Å². The third-order valence-corrected chi connectivity index (χ3v) is 3.81. The molecule has 1 amide bonds. The van der Waals surface area contributed by atoms with Gasteiger partial charge in [0, 0.05) is 20.6 Å². The van der Waals surface area contributed by atoms with Crippen molar-refractivity contribution in [1.29, 1.82) is 0 Å². The minimum atomic E-state index is -0.0197. The van der Waals surface area contributed by atoms with Crippen molar-refractivity contribution >= 4 is 29.6 Å². The normalized spacial score (nSPS) is 10.3. The van der Waals surface area contributed by atoms with E-state index in [1.54, 1.807) is 4.90 Å². The second kappa shape index (κ2) is 8.33. The monoisotopic (exact) mass is 332 g/mol. The van der Waals surface area contributed by atoms with Crippen LogP contribution in [0.25, 0.3) is 0 Å². The highest BCUT2D eigenvalue weighted by molar-refractivity contribution is 7.99. The van der Waals surface area contributed by atoms with Gasteiger partial charge in [0.2, 0.25) is 17.8 Å². The van der Waals surface area contributed by atoms with Crippen molar-refractivity contribution in [1.82, 2.24) is 20.3 Å². The maximum absolute atomic E-state index is 11.8. The molecule has 0 aliphatic carbocycles. The van der Waals surface area contributed by atoms with Crippen LogP contribution < -0.4 is 16.0 Å². The lowest BCUT2D eigenvalue weighted by Gasteiger charge is -2.11. The molecule has 1 aromatic carbocycles. The van der Waals surface area contributed by atoms with Crippen molar-refractivity contribution in [3.63, 3.8) is 0 Å². The molecule has 1 aromatic heterocycles. The van der Waals surface area contributed by atoms with Gasteiger partial charge in [-0.2, -0.15) is 15.0 Å². The number of nitrogens with two attached hydrogens (primary N) is 1. The number of anilines is 2. The number of carbonyl (C=O) groups excluding carboxylic acids is 1. The number of benzene rings is 1. The number of hydrogen-bond acceptors (Lipinski definition) is 7. The molecule has 0 spiro atoms. The van der Waals surface area contributed by atoms with E-state index in [4.69, 9.17) is 5.73 Å². The van der Waals surface area contributed by atoms with Crippen molar-refractivity contribution in [2.24, 2.45) is 0 Å². The number of nitrogens with one attached hydrogen (secondary N) is 1. The number of amides is 1. The zero-order valence-electron chi connectivity index (χ0n) is 13.2. The van der Waals surface area contributed by atoms with Crippen LogP contribution in [0.4, 0.5) is 11.9 Å². The van der Waals surface area contributed by atoms with Gasteiger partial charge in [-0.05, 0) is 5.56 Å². The summed E-state index contributed by atoms with van der Waals surface area (Å²) >= 11 is 1.44. The van der Waals surface area contributed by atoms with Crippen LogP contribution in [-0.2, 0) is 17.1 Å². The van der Waals surface area contributed by atoms with E-state index >= 15 is 0 Å². The summed E-state index contributed by atoms with van der Waals surface area (Å²) in [6, 6.07) is 9.80. The summed E-state index contributed by atoms with van der Waals surface area (Å²) in [5.41, 5.74) is 6.74. The lowest BCUT2D eigenvalue weighted by molar-refractivity contribution is -0.118. The van der Waals surface area contributed by atoms with Crippen molar-refractivity contribution in [2.45, 2.75) is 12.3 Å². The molecular weight excluding hydrogens is 312 g/mol. The Bertz CT molecular complexity index is 650. The number of thioether (sulfide) groups is 1. The summed E-state index contributed by atoms with van der Waals surface area (Å²) in [6.45, 7) is 0.531. The molecule has 2 aromatic rings. The third-order valence-electron chi connectivity index (χ3n) is 2.88. The fourth-order valence-corrected chi connectivity index (χ4v) is 2.47. The summed E-state index contributed by atoms with van der Waals surface area (Å²) in [7, 11) is 3.67. The third kappa shape index (κ3) is 5.74. The predicted molar refractivity (Wildman–Crippen MR) is 93.0 cm³/mol. The van der Waals surface area contributed by atoms with Gasteiger partial charge in [0.1, 0.15) is 5.82 Å². The topological polar surface area (TPSA) is 97.0 Å². The lowest BCUT2D eigenvalue weighted by atomic mass is 10.2. The summed E-state index contributed by atoms with van der Waals surface area (Å²) < 4.78 is 0. The number of hydrogen-bond donors (Lipinski definition) is 2. The van der Waals surface area contributed by atoms with Gasteiger partial charge in [-0.1, -0.05) is 30.3 Å². The average molecular weight is 332 g/mol. The molecule has 0 bridgehead atoms. The van der Waals surface area contributed by atoms with Gasteiger partial charge in [0.05, 0.1) is 11.5 Å². The molecule has 8 heteroatoms. The van der Waals surface area contributed by atoms with Crippen LogP contribution in [0.1, 0.15) is 11.4 Å². The van der Waals surface area contributed by atoms with Gasteiger partial charge >= 0.3 is 0 Å². The maximum atomic E-state index is 11.8. The summed E-state index contributed by atoms with van der Waals surface area (Å²) in [5.74, 6) is 2.10. The van der Waals surface area contributed by atoms with Crippen LogP contribution in [0.5, 0.6) is 0 Å². The quantitative estimate of drug-likeness (QED) is 0.782. The Morgan fingerprint density at radius 1 is 1.22 bits per heavy atom. The van der Waals surface area contributed by atoms with Crippen LogP contribution in [-0.4, -0.2) is 40.7 Å². The highest BCUT2D eigenvalue weighted by Gasteiger charge is 2.08. The molecule has 0 unspecified atom stereocenters. The Morgan fingerprint density at radius 2 is 1.96 bits per heavy atom. The first-order valence-electron chi connectivity index (χ1n) is 7.10. The van der Waals surface area contributed by atoms with Crippen LogP contribution >= 0.6 is 11.8 Å². The first kappa shape index (κ1) is 17.0. The first-order chi connectivity index (χ1) is 11.0. The van der Waals surface area contributed by atoms with Gasteiger partial charge in [-0.15, -0.1) is 11.8 Å². The molecule has 7 nitrogen and oxygen atoms in total. The smallest absolute Gasteiger partial charge is 0.230 e. The highest BCUT2D eigenvalue weighted by Crippen LogP contribution is 2.12. The molecule has 3 N–H and O–H groups in total. The molecule has 122 valence electrons. The van der Waals surface area contributed by atoms with E-state index in [2.05, 4.69) is 20.3 Å². The fraction of sp³-hybridized carbons (Fsp3) is 0.333. The standard InChI is InChI=1S/C15H20N6OS/c1-21(2)15-19-12(18-14(16)20-15)9-23-10-13(22)17-8-11-6-4-3-5-7-11/h3-7H,8-10H2,1-2H3,(H,17,22)(H2,16,18,19,20). The van der Waals surface area contributed by atoms with E-state index in [1.165, 1.54) is 11.8 Å². The van der Waals surface area contributed by atoms with Crippen molar-refractivity contribution in [3.05, 3.63) is 41.7 Å². The maximum Gasteiger partial charge on any atom is 0.230 e. The number of aromatic nitrogens is 3. The van der Waals surface area contributed by atoms with Crippen molar-refractivity contribution in [2.75, 3.05) is 30.5 Å². The van der Waals surface area contributed by atoms with Gasteiger partial charge in [0.25, 0.3) is 0 Å².